The van der Waals surface area contributed by atoms with Crippen LogP contribution in [0.3, 0.4) is 0 Å². The van der Waals surface area contributed by atoms with Crippen LogP contribution in [0.15, 0.2) is 0 Å². The molecule has 88 valence electrons. The Morgan fingerprint density at radius 2 is 2.00 bits per heavy atom. The van der Waals surface area contributed by atoms with Gasteiger partial charge in [0, 0.05) is 5.92 Å². The zero-order chi connectivity index (χ0) is 12.0. The summed E-state index contributed by atoms with van der Waals surface area (Å²) >= 11 is 2.88. The van der Waals surface area contributed by atoms with Crippen LogP contribution in [0.1, 0.15) is 31.3 Å². The van der Waals surface area contributed by atoms with Gasteiger partial charge in [-0.15, -0.1) is 15.3 Å². The van der Waals surface area contributed by atoms with Gasteiger partial charge in [-0.2, -0.15) is 9.61 Å². The van der Waals surface area contributed by atoms with Crippen molar-refractivity contribution in [3.8, 4) is 9.88 Å². The first-order chi connectivity index (χ1) is 8.16. The lowest BCUT2D eigenvalue weighted by Crippen LogP contribution is -1.97. The predicted molar refractivity (Wildman–Crippen MR) is 66.4 cm³/mol. The molecule has 0 saturated carbocycles. The standard InChI is InChI=1S/C9H10N6S2/c1-4(2)7-11-12-9-15(7)13-8(16-9)6-5(3)10-14-17-6/h4H,1-3H3. The molecule has 6 nitrogen and oxygen atoms in total. The summed E-state index contributed by atoms with van der Waals surface area (Å²) in [6.07, 6.45) is 0. The summed E-state index contributed by atoms with van der Waals surface area (Å²) in [5.74, 6) is 1.19. The molecule has 0 aliphatic rings. The van der Waals surface area contributed by atoms with Crippen molar-refractivity contribution in [1.29, 1.82) is 0 Å². The molecule has 3 aromatic rings. The molecule has 3 rings (SSSR count). The molecule has 0 spiro atoms. The summed E-state index contributed by atoms with van der Waals surface area (Å²) < 4.78 is 5.73. The maximum Gasteiger partial charge on any atom is 0.235 e. The fourth-order valence-corrected chi connectivity index (χ4v) is 3.12. The topological polar surface area (TPSA) is 68.9 Å². The first kappa shape index (κ1) is 10.7. The van der Waals surface area contributed by atoms with Crippen LogP contribution in [0.4, 0.5) is 0 Å². The van der Waals surface area contributed by atoms with E-state index >= 15 is 0 Å². The van der Waals surface area contributed by atoms with Gasteiger partial charge in [-0.25, -0.2) is 0 Å². The Labute approximate surface area is 105 Å². The molecule has 0 radical (unpaired) electrons. The lowest BCUT2D eigenvalue weighted by Gasteiger charge is -1.97. The van der Waals surface area contributed by atoms with Gasteiger partial charge in [0.15, 0.2) is 10.8 Å². The third-order valence-electron chi connectivity index (χ3n) is 2.38. The Bertz CT molecular complexity index is 664. The Balaban J connectivity index is 2.18. The van der Waals surface area contributed by atoms with Gasteiger partial charge in [0.1, 0.15) is 4.88 Å². The van der Waals surface area contributed by atoms with Gasteiger partial charge in [0.2, 0.25) is 4.96 Å². The molecule has 3 aromatic heterocycles. The van der Waals surface area contributed by atoms with Crippen molar-refractivity contribution in [2.75, 3.05) is 0 Å². The monoisotopic (exact) mass is 266 g/mol. The maximum atomic E-state index is 4.54. The largest absolute Gasteiger partial charge is 0.235 e. The minimum Gasteiger partial charge on any atom is -0.187 e. The number of hydrogen-bond donors (Lipinski definition) is 0. The van der Waals surface area contributed by atoms with E-state index in [1.807, 2.05) is 11.4 Å². The Morgan fingerprint density at radius 3 is 2.65 bits per heavy atom. The second-order valence-electron chi connectivity index (χ2n) is 4.00. The van der Waals surface area contributed by atoms with E-state index in [0.29, 0.717) is 5.92 Å². The number of aryl methyl sites for hydroxylation is 1. The summed E-state index contributed by atoms with van der Waals surface area (Å²) in [5, 5.41) is 17.7. The summed E-state index contributed by atoms with van der Waals surface area (Å²) in [4.78, 5) is 1.83. The number of nitrogens with zero attached hydrogens (tertiary/aromatic N) is 6. The predicted octanol–water partition coefficient (Wildman–Crippen LogP) is 2.14. The first-order valence-electron chi connectivity index (χ1n) is 5.18. The van der Waals surface area contributed by atoms with E-state index in [0.717, 1.165) is 26.4 Å². The minimum atomic E-state index is 0.306. The molecule has 0 aliphatic carbocycles. The molecule has 8 heteroatoms. The average Bonchev–Trinajstić information content (AvgIpc) is 2.89. The fraction of sp³-hybridized carbons (Fsp3) is 0.444. The van der Waals surface area contributed by atoms with Gasteiger partial charge in [-0.3, -0.25) is 0 Å². The van der Waals surface area contributed by atoms with Crippen molar-refractivity contribution in [1.82, 2.24) is 29.4 Å². The zero-order valence-corrected chi connectivity index (χ0v) is 11.2. The second kappa shape index (κ2) is 3.81. The van der Waals surface area contributed by atoms with Crippen LogP contribution in [-0.2, 0) is 0 Å². The van der Waals surface area contributed by atoms with E-state index in [1.54, 1.807) is 0 Å². The molecule has 0 aromatic carbocycles. The maximum absolute atomic E-state index is 4.54. The van der Waals surface area contributed by atoms with Crippen LogP contribution in [0.5, 0.6) is 0 Å². The molecule has 0 fully saturated rings. The van der Waals surface area contributed by atoms with E-state index in [9.17, 15) is 0 Å². The lowest BCUT2D eigenvalue weighted by atomic mass is 10.2. The molecule has 17 heavy (non-hydrogen) atoms. The molecular formula is C9H10N6S2. The minimum absolute atomic E-state index is 0.306. The average molecular weight is 266 g/mol. The quantitative estimate of drug-likeness (QED) is 0.710. The van der Waals surface area contributed by atoms with Crippen molar-refractivity contribution in [2.45, 2.75) is 26.7 Å². The molecular weight excluding hydrogens is 256 g/mol. The van der Waals surface area contributed by atoms with Gasteiger partial charge in [-0.1, -0.05) is 29.7 Å². The van der Waals surface area contributed by atoms with E-state index in [2.05, 4.69) is 38.7 Å². The van der Waals surface area contributed by atoms with Gasteiger partial charge < -0.3 is 0 Å². The normalized spacial score (nSPS) is 11.8. The smallest absolute Gasteiger partial charge is 0.187 e. The second-order valence-corrected chi connectivity index (χ2v) is 5.71. The van der Waals surface area contributed by atoms with Crippen LogP contribution in [0.2, 0.25) is 0 Å². The number of hydrogen-bond acceptors (Lipinski definition) is 7. The summed E-state index contributed by atoms with van der Waals surface area (Å²) in [6, 6.07) is 0. The summed E-state index contributed by atoms with van der Waals surface area (Å²) in [6.45, 7) is 6.09. The fourth-order valence-electron chi connectivity index (χ4n) is 1.51. The van der Waals surface area contributed by atoms with Gasteiger partial charge in [0.05, 0.1) is 5.69 Å². The van der Waals surface area contributed by atoms with Crippen molar-refractivity contribution in [3.63, 3.8) is 0 Å². The van der Waals surface area contributed by atoms with E-state index in [-0.39, 0.29) is 0 Å². The third kappa shape index (κ3) is 1.64. The molecule has 0 saturated heterocycles. The molecule has 0 aliphatic heterocycles. The Morgan fingerprint density at radius 1 is 1.18 bits per heavy atom. The van der Waals surface area contributed by atoms with Crippen molar-refractivity contribution < 1.29 is 0 Å². The molecule has 3 heterocycles. The SMILES string of the molecule is Cc1nnsc1-c1nn2c(C(C)C)nnc2s1. The first-order valence-corrected chi connectivity index (χ1v) is 6.77. The highest BCUT2D eigenvalue weighted by atomic mass is 32.1. The highest BCUT2D eigenvalue weighted by Gasteiger charge is 2.17. The van der Waals surface area contributed by atoms with Crippen molar-refractivity contribution >= 4 is 27.8 Å². The summed E-state index contributed by atoms with van der Waals surface area (Å²) in [7, 11) is 0. The Kier molecular flexibility index (Phi) is 2.40. The van der Waals surface area contributed by atoms with Crippen LogP contribution in [-0.4, -0.2) is 29.4 Å². The molecule has 0 amide bonds. The van der Waals surface area contributed by atoms with Gasteiger partial charge >= 0.3 is 0 Å². The molecule has 0 atom stereocenters. The number of rotatable bonds is 2. The highest BCUT2D eigenvalue weighted by molar-refractivity contribution is 7.23. The van der Waals surface area contributed by atoms with Crippen LogP contribution >= 0.6 is 22.9 Å². The van der Waals surface area contributed by atoms with E-state index in [4.69, 9.17) is 0 Å². The number of fused-ring (bicyclic) bond motifs is 1. The van der Waals surface area contributed by atoms with Crippen LogP contribution < -0.4 is 0 Å². The Hall–Kier alpha value is -1.41. The summed E-state index contributed by atoms with van der Waals surface area (Å²) in [5.41, 5.74) is 0.908. The van der Waals surface area contributed by atoms with Crippen molar-refractivity contribution in [3.05, 3.63) is 11.5 Å². The lowest BCUT2D eigenvalue weighted by molar-refractivity contribution is 0.727. The van der Waals surface area contributed by atoms with Gasteiger partial charge in [0.25, 0.3) is 0 Å². The zero-order valence-electron chi connectivity index (χ0n) is 9.58. The van der Waals surface area contributed by atoms with Gasteiger partial charge in [-0.05, 0) is 18.5 Å². The van der Waals surface area contributed by atoms with Crippen LogP contribution in [0, 0.1) is 6.92 Å². The van der Waals surface area contributed by atoms with E-state index < -0.39 is 0 Å². The molecule has 0 N–H and O–H groups in total. The number of aromatic nitrogens is 6. The third-order valence-corrected chi connectivity index (χ3v) is 4.26. The molecule has 0 bridgehead atoms. The van der Waals surface area contributed by atoms with Crippen LogP contribution in [0.25, 0.3) is 14.8 Å². The van der Waals surface area contributed by atoms with E-state index in [1.165, 1.54) is 22.9 Å². The highest BCUT2D eigenvalue weighted by Crippen LogP contribution is 2.30. The van der Waals surface area contributed by atoms with Crippen molar-refractivity contribution in [2.24, 2.45) is 0 Å². The molecule has 0 unspecified atom stereocenters.